The van der Waals surface area contributed by atoms with Gasteiger partial charge >= 0.3 is 0 Å². The van der Waals surface area contributed by atoms with Crippen molar-refractivity contribution in [3.8, 4) is 0 Å². The molecular formula is C18H21N3O4S. The van der Waals surface area contributed by atoms with E-state index < -0.39 is 22.0 Å². The highest BCUT2D eigenvalue weighted by Gasteiger charge is 2.22. The molecule has 0 aliphatic carbocycles. The molecule has 0 bridgehead atoms. The summed E-state index contributed by atoms with van der Waals surface area (Å²) in [6.45, 7) is 4.72. The SMILES string of the molecule is CC(=O)Nc1ccc(NC(=O)C(C)NS(=O)(=O)c2ccc(C)cc2)cc1. The summed E-state index contributed by atoms with van der Waals surface area (Å²) in [7, 11) is -3.79. The van der Waals surface area contributed by atoms with Crippen molar-refractivity contribution in [2.45, 2.75) is 31.7 Å². The van der Waals surface area contributed by atoms with Crippen LogP contribution in [0.25, 0.3) is 0 Å². The number of nitrogens with one attached hydrogen (secondary N) is 3. The average molecular weight is 375 g/mol. The molecule has 0 fully saturated rings. The number of amides is 2. The van der Waals surface area contributed by atoms with Crippen molar-refractivity contribution in [2.24, 2.45) is 0 Å². The van der Waals surface area contributed by atoms with Crippen LogP contribution in [-0.2, 0) is 19.6 Å². The Morgan fingerprint density at radius 1 is 0.885 bits per heavy atom. The maximum Gasteiger partial charge on any atom is 0.242 e. The van der Waals surface area contributed by atoms with Crippen LogP contribution in [0.15, 0.2) is 53.4 Å². The molecule has 138 valence electrons. The van der Waals surface area contributed by atoms with Crippen LogP contribution in [0.1, 0.15) is 19.4 Å². The zero-order chi connectivity index (χ0) is 19.3. The quantitative estimate of drug-likeness (QED) is 0.720. The van der Waals surface area contributed by atoms with Crippen molar-refractivity contribution < 1.29 is 18.0 Å². The van der Waals surface area contributed by atoms with Gasteiger partial charge in [0.05, 0.1) is 10.9 Å². The van der Waals surface area contributed by atoms with Crippen LogP contribution in [0.5, 0.6) is 0 Å². The second-order valence-corrected chi connectivity index (χ2v) is 7.62. The third kappa shape index (κ3) is 5.40. The molecule has 0 saturated carbocycles. The van der Waals surface area contributed by atoms with Crippen LogP contribution >= 0.6 is 0 Å². The fraction of sp³-hybridized carbons (Fsp3) is 0.222. The summed E-state index contributed by atoms with van der Waals surface area (Å²) in [5.74, 6) is -0.686. The number of hydrogen-bond donors (Lipinski definition) is 3. The van der Waals surface area contributed by atoms with Crippen LogP contribution in [0.2, 0.25) is 0 Å². The number of rotatable bonds is 6. The predicted molar refractivity (Wildman–Crippen MR) is 100 cm³/mol. The summed E-state index contributed by atoms with van der Waals surface area (Å²) in [5.41, 5.74) is 2.03. The number of carbonyl (C=O) groups is 2. The van der Waals surface area contributed by atoms with Gasteiger partial charge in [0.2, 0.25) is 21.8 Å². The normalized spacial score (nSPS) is 12.3. The van der Waals surface area contributed by atoms with Crippen molar-refractivity contribution in [1.82, 2.24) is 4.72 Å². The highest BCUT2D eigenvalue weighted by Crippen LogP contribution is 2.14. The minimum atomic E-state index is -3.79. The molecule has 1 unspecified atom stereocenters. The maximum absolute atomic E-state index is 12.3. The Morgan fingerprint density at radius 2 is 1.38 bits per heavy atom. The van der Waals surface area contributed by atoms with Gasteiger partial charge in [-0.25, -0.2) is 8.42 Å². The highest BCUT2D eigenvalue weighted by molar-refractivity contribution is 7.89. The Labute approximate surface area is 152 Å². The number of hydrogen-bond acceptors (Lipinski definition) is 4. The molecule has 0 aliphatic rings. The van der Waals surface area contributed by atoms with E-state index in [0.29, 0.717) is 11.4 Å². The second-order valence-electron chi connectivity index (χ2n) is 5.90. The molecule has 0 aromatic heterocycles. The van der Waals surface area contributed by atoms with Gasteiger partial charge in [-0.3, -0.25) is 9.59 Å². The molecule has 0 saturated heterocycles. The summed E-state index contributed by atoms with van der Waals surface area (Å²) in [5, 5.41) is 5.24. The number of sulfonamides is 1. The second kappa shape index (κ2) is 8.11. The largest absolute Gasteiger partial charge is 0.326 e. The van der Waals surface area contributed by atoms with E-state index in [-0.39, 0.29) is 10.8 Å². The smallest absolute Gasteiger partial charge is 0.242 e. The van der Waals surface area contributed by atoms with Crippen LogP contribution < -0.4 is 15.4 Å². The van der Waals surface area contributed by atoms with E-state index in [2.05, 4.69) is 15.4 Å². The lowest BCUT2D eigenvalue weighted by Gasteiger charge is -2.15. The Balaban J connectivity index is 2.00. The molecule has 0 spiro atoms. The molecule has 2 amide bonds. The zero-order valence-corrected chi connectivity index (χ0v) is 15.6. The van der Waals surface area contributed by atoms with Crippen LogP contribution in [0, 0.1) is 6.92 Å². The molecule has 0 aliphatic heterocycles. The van der Waals surface area contributed by atoms with Crippen molar-refractivity contribution >= 4 is 33.2 Å². The predicted octanol–water partition coefficient (Wildman–Crippen LogP) is 2.26. The number of aryl methyl sites for hydroxylation is 1. The summed E-state index contributed by atoms with van der Waals surface area (Å²) in [4.78, 5) is 23.3. The molecule has 1 atom stereocenters. The van der Waals surface area contributed by atoms with Gasteiger partial charge in [-0.15, -0.1) is 0 Å². The third-order valence-corrected chi connectivity index (χ3v) is 5.09. The Bertz CT molecular complexity index is 891. The van der Waals surface area contributed by atoms with Gasteiger partial charge < -0.3 is 10.6 Å². The topological polar surface area (TPSA) is 104 Å². The van der Waals surface area contributed by atoms with E-state index in [0.717, 1.165) is 5.56 Å². The fourth-order valence-corrected chi connectivity index (χ4v) is 3.37. The van der Waals surface area contributed by atoms with E-state index in [1.165, 1.54) is 26.0 Å². The van der Waals surface area contributed by atoms with Crippen molar-refractivity contribution in [1.29, 1.82) is 0 Å². The molecular weight excluding hydrogens is 354 g/mol. The molecule has 2 aromatic rings. The van der Waals surface area contributed by atoms with Gasteiger partial charge in [0, 0.05) is 18.3 Å². The van der Waals surface area contributed by atoms with E-state index >= 15 is 0 Å². The Hall–Kier alpha value is -2.71. The fourth-order valence-electron chi connectivity index (χ4n) is 2.16. The van der Waals surface area contributed by atoms with Crippen molar-refractivity contribution in [2.75, 3.05) is 10.6 Å². The molecule has 26 heavy (non-hydrogen) atoms. The van der Waals surface area contributed by atoms with Gasteiger partial charge in [0.15, 0.2) is 0 Å². The monoisotopic (exact) mass is 375 g/mol. The highest BCUT2D eigenvalue weighted by atomic mass is 32.2. The van der Waals surface area contributed by atoms with E-state index in [4.69, 9.17) is 0 Å². The summed E-state index contributed by atoms with van der Waals surface area (Å²) >= 11 is 0. The lowest BCUT2D eigenvalue weighted by atomic mass is 10.2. The molecule has 2 rings (SSSR count). The van der Waals surface area contributed by atoms with Gasteiger partial charge in [-0.05, 0) is 50.2 Å². The van der Waals surface area contributed by atoms with Crippen LogP contribution in [0.4, 0.5) is 11.4 Å². The van der Waals surface area contributed by atoms with Crippen molar-refractivity contribution in [3.63, 3.8) is 0 Å². The lowest BCUT2D eigenvalue weighted by molar-refractivity contribution is -0.117. The van der Waals surface area contributed by atoms with Crippen molar-refractivity contribution in [3.05, 3.63) is 54.1 Å². The molecule has 0 radical (unpaired) electrons. The molecule has 3 N–H and O–H groups in total. The molecule has 7 nitrogen and oxygen atoms in total. The Morgan fingerprint density at radius 3 is 1.88 bits per heavy atom. The molecule has 8 heteroatoms. The molecule has 2 aromatic carbocycles. The number of carbonyl (C=O) groups excluding carboxylic acids is 2. The average Bonchev–Trinajstić information content (AvgIpc) is 2.56. The lowest BCUT2D eigenvalue weighted by Crippen LogP contribution is -2.41. The Kier molecular flexibility index (Phi) is 6.12. The van der Waals surface area contributed by atoms with Gasteiger partial charge in [0.1, 0.15) is 0 Å². The van der Waals surface area contributed by atoms with Gasteiger partial charge in [-0.2, -0.15) is 4.72 Å². The molecule has 0 heterocycles. The van der Waals surface area contributed by atoms with E-state index in [1.807, 2.05) is 6.92 Å². The minimum absolute atomic E-state index is 0.0995. The van der Waals surface area contributed by atoms with Crippen LogP contribution in [-0.4, -0.2) is 26.3 Å². The van der Waals surface area contributed by atoms with E-state index in [9.17, 15) is 18.0 Å². The first-order valence-corrected chi connectivity index (χ1v) is 9.43. The summed E-state index contributed by atoms with van der Waals surface area (Å²) in [6.07, 6.45) is 0. The standard InChI is InChI=1S/C18H21N3O4S/c1-12-4-10-17(11-5-12)26(24,25)21-13(2)18(23)20-16-8-6-15(7-9-16)19-14(3)22/h4-11,13,21H,1-3H3,(H,19,22)(H,20,23). The minimum Gasteiger partial charge on any atom is -0.326 e. The first-order chi connectivity index (χ1) is 12.2. The third-order valence-electron chi connectivity index (χ3n) is 3.53. The van der Waals surface area contributed by atoms with Gasteiger partial charge in [0.25, 0.3) is 0 Å². The number of anilines is 2. The summed E-state index contributed by atoms with van der Waals surface area (Å²) in [6, 6.07) is 11.9. The summed E-state index contributed by atoms with van der Waals surface area (Å²) < 4.78 is 27.0. The van der Waals surface area contributed by atoms with E-state index in [1.54, 1.807) is 36.4 Å². The maximum atomic E-state index is 12.3. The van der Waals surface area contributed by atoms with Crippen LogP contribution in [0.3, 0.4) is 0 Å². The zero-order valence-electron chi connectivity index (χ0n) is 14.7. The first-order valence-electron chi connectivity index (χ1n) is 7.95. The van der Waals surface area contributed by atoms with Gasteiger partial charge in [-0.1, -0.05) is 17.7 Å². The first kappa shape index (κ1) is 19.6. The number of benzene rings is 2.